The van der Waals surface area contributed by atoms with Gasteiger partial charge in [0.25, 0.3) is 0 Å². The van der Waals surface area contributed by atoms with Gasteiger partial charge in [0.2, 0.25) is 0 Å². The van der Waals surface area contributed by atoms with Crippen molar-refractivity contribution in [2.24, 2.45) is 5.41 Å². The Morgan fingerprint density at radius 1 is 1.45 bits per heavy atom. The van der Waals surface area contributed by atoms with E-state index in [0.717, 1.165) is 25.8 Å². The average Bonchev–Trinajstić information content (AvgIpc) is 2.40. The minimum absolute atomic E-state index is 0.0560. The van der Waals surface area contributed by atoms with Gasteiger partial charge in [-0.25, -0.2) is 4.39 Å². The summed E-state index contributed by atoms with van der Waals surface area (Å²) < 4.78 is 26.2. The van der Waals surface area contributed by atoms with E-state index in [0.29, 0.717) is 4.90 Å². The number of rotatable bonds is 4. The van der Waals surface area contributed by atoms with Gasteiger partial charge in [0.15, 0.2) is 0 Å². The van der Waals surface area contributed by atoms with E-state index >= 15 is 0 Å². The predicted molar refractivity (Wildman–Crippen MR) is 81.7 cm³/mol. The minimum Gasteiger partial charge on any atom is -0.313 e. The SMILES string of the molecule is CCNC1CCC(C)(C)CC1S(=O)c1cccc(F)c1. The van der Waals surface area contributed by atoms with Crippen molar-refractivity contribution in [1.82, 2.24) is 5.32 Å². The van der Waals surface area contributed by atoms with E-state index in [4.69, 9.17) is 0 Å². The summed E-state index contributed by atoms with van der Waals surface area (Å²) in [4.78, 5) is 0.607. The highest BCUT2D eigenvalue weighted by atomic mass is 32.2. The molecular formula is C16H24FNOS. The fraction of sp³-hybridized carbons (Fsp3) is 0.625. The Bertz CT molecular complexity index is 489. The molecule has 1 aromatic carbocycles. The van der Waals surface area contributed by atoms with Crippen LogP contribution >= 0.6 is 0 Å². The molecular weight excluding hydrogens is 273 g/mol. The summed E-state index contributed by atoms with van der Waals surface area (Å²) in [6, 6.07) is 6.47. The third-order valence-electron chi connectivity index (χ3n) is 4.10. The molecule has 20 heavy (non-hydrogen) atoms. The second-order valence-electron chi connectivity index (χ2n) is 6.36. The van der Waals surface area contributed by atoms with Crippen LogP contribution < -0.4 is 5.32 Å². The Balaban J connectivity index is 2.23. The Hall–Kier alpha value is -0.740. The molecule has 1 N–H and O–H groups in total. The summed E-state index contributed by atoms with van der Waals surface area (Å²) >= 11 is 0. The van der Waals surface area contributed by atoms with Crippen molar-refractivity contribution in [2.45, 2.75) is 56.2 Å². The highest BCUT2D eigenvalue weighted by Gasteiger charge is 2.38. The largest absolute Gasteiger partial charge is 0.313 e. The molecule has 112 valence electrons. The zero-order valence-electron chi connectivity index (χ0n) is 12.5. The van der Waals surface area contributed by atoms with Crippen LogP contribution in [0.1, 0.15) is 40.0 Å². The van der Waals surface area contributed by atoms with Gasteiger partial charge in [-0.1, -0.05) is 26.8 Å². The second-order valence-corrected chi connectivity index (χ2v) is 8.04. The van der Waals surface area contributed by atoms with Crippen molar-refractivity contribution in [3.05, 3.63) is 30.1 Å². The quantitative estimate of drug-likeness (QED) is 0.921. The number of hydrogen-bond acceptors (Lipinski definition) is 2. The standard InChI is InChI=1S/C16H24FNOS/c1-4-18-14-8-9-16(2,3)11-15(14)20(19)13-7-5-6-12(17)10-13/h5-7,10,14-15,18H,4,8-9,11H2,1-3H3. The van der Waals surface area contributed by atoms with Crippen LogP contribution in [-0.4, -0.2) is 22.0 Å². The molecule has 0 saturated heterocycles. The fourth-order valence-corrected chi connectivity index (χ4v) is 4.93. The Kier molecular flexibility index (Phi) is 4.97. The maximum absolute atomic E-state index is 13.3. The van der Waals surface area contributed by atoms with Crippen LogP contribution in [0.25, 0.3) is 0 Å². The predicted octanol–water partition coefficient (Wildman–Crippen LogP) is 3.49. The molecule has 3 unspecified atom stereocenters. The Morgan fingerprint density at radius 3 is 2.85 bits per heavy atom. The van der Waals surface area contributed by atoms with Crippen LogP contribution in [0, 0.1) is 11.2 Å². The van der Waals surface area contributed by atoms with Gasteiger partial charge in [-0.2, -0.15) is 0 Å². The van der Waals surface area contributed by atoms with E-state index in [1.54, 1.807) is 12.1 Å². The van der Waals surface area contributed by atoms with Crippen molar-refractivity contribution < 1.29 is 8.60 Å². The maximum Gasteiger partial charge on any atom is 0.124 e. The van der Waals surface area contributed by atoms with Gasteiger partial charge in [0, 0.05) is 10.9 Å². The molecule has 0 bridgehead atoms. The molecule has 2 nitrogen and oxygen atoms in total. The first kappa shape index (κ1) is 15.6. The summed E-state index contributed by atoms with van der Waals surface area (Å²) in [5.41, 5.74) is 0.208. The van der Waals surface area contributed by atoms with Crippen LogP contribution in [0.3, 0.4) is 0 Å². The molecule has 0 aliphatic heterocycles. The number of nitrogens with one attached hydrogen (secondary N) is 1. The molecule has 0 amide bonds. The third kappa shape index (κ3) is 3.67. The molecule has 0 spiro atoms. The van der Waals surface area contributed by atoms with Gasteiger partial charge < -0.3 is 5.32 Å². The van der Waals surface area contributed by atoms with Gasteiger partial charge in [0.05, 0.1) is 16.0 Å². The first-order chi connectivity index (χ1) is 9.43. The van der Waals surface area contributed by atoms with Gasteiger partial charge in [-0.3, -0.25) is 4.21 Å². The highest BCUT2D eigenvalue weighted by Crippen LogP contribution is 2.38. The van der Waals surface area contributed by atoms with Crippen LogP contribution in [-0.2, 0) is 10.8 Å². The van der Waals surface area contributed by atoms with Crippen molar-refractivity contribution in [3.8, 4) is 0 Å². The van der Waals surface area contributed by atoms with Gasteiger partial charge in [-0.15, -0.1) is 0 Å². The van der Waals surface area contributed by atoms with Crippen molar-refractivity contribution >= 4 is 10.8 Å². The lowest BCUT2D eigenvalue weighted by Crippen LogP contribution is -2.48. The van der Waals surface area contributed by atoms with Crippen LogP contribution in [0.2, 0.25) is 0 Å². The van der Waals surface area contributed by atoms with E-state index in [2.05, 4.69) is 26.1 Å². The monoisotopic (exact) mass is 297 g/mol. The van der Waals surface area contributed by atoms with E-state index in [1.807, 2.05) is 0 Å². The molecule has 3 atom stereocenters. The first-order valence-electron chi connectivity index (χ1n) is 7.32. The number of hydrogen-bond donors (Lipinski definition) is 1. The second kappa shape index (κ2) is 6.35. The molecule has 1 aromatic rings. The number of halogens is 1. The average molecular weight is 297 g/mol. The normalized spacial score (nSPS) is 27.2. The minimum atomic E-state index is -1.16. The Labute approximate surface area is 123 Å². The lowest BCUT2D eigenvalue weighted by molar-refractivity contribution is 0.213. The topological polar surface area (TPSA) is 29.1 Å². The highest BCUT2D eigenvalue weighted by molar-refractivity contribution is 7.85. The molecule has 0 heterocycles. The molecule has 1 aliphatic rings. The lowest BCUT2D eigenvalue weighted by atomic mass is 9.75. The Morgan fingerprint density at radius 2 is 2.20 bits per heavy atom. The lowest BCUT2D eigenvalue weighted by Gasteiger charge is -2.40. The summed E-state index contributed by atoms with van der Waals surface area (Å²) in [6.45, 7) is 7.40. The molecule has 2 rings (SSSR count). The van der Waals surface area contributed by atoms with Crippen LogP contribution in [0.15, 0.2) is 29.2 Å². The zero-order valence-corrected chi connectivity index (χ0v) is 13.3. The summed E-state index contributed by atoms with van der Waals surface area (Å²) in [5.74, 6) is -0.314. The van der Waals surface area contributed by atoms with E-state index in [-0.39, 0.29) is 22.5 Å². The van der Waals surface area contributed by atoms with Crippen LogP contribution in [0.5, 0.6) is 0 Å². The maximum atomic E-state index is 13.3. The van der Waals surface area contributed by atoms with Gasteiger partial charge in [0.1, 0.15) is 5.82 Å². The zero-order chi connectivity index (χ0) is 14.8. The summed E-state index contributed by atoms with van der Waals surface area (Å²) in [6.07, 6.45) is 3.09. The fourth-order valence-electron chi connectivity index (χ4n) is 3.01. The van der Waals surface area contributed by atoms with E-state index < -0.39 is 10.8 Å². The third-order valence-corrected chi connectivity index (χ3v) is 5.87. The van der Waals surface area contributed by atoms with Crippen molar-refractivity contribution in [3.63, 3.8) is 0 Å². The molecule has 1 saturated carbocycles. The molecule has 0 radical (unpaired) electrons. The van der Waals surface area contributed by atoms with Gasteiger partial charge >= 0.3 is 0 Å². The molecule has 1 aliphatic carbocycles. The van der Waals surface area contributed by atoms with E-state index in [1.165, 1.54) is 12.1 Å². The molecule has 0 aromatic heterocycles. The molecule has 1 fully saturated rings. The smallest absolute Gasteiger partial charge is 0.124 e. The van der Waals surface area contributed by atoms with Gasteiger partial charge in [-0.05, 0) is 49.4 Å². The summed E-state index contributed by atoms with van der Waals surface area (Å²) in [7, 11) is -1.16. The molecule has 4 heteroatoms. The van der Waals surface area contributed by atoms with Crippen LogP contribution in [0.4, 0.5) is 4.39 Å². The van der Waals surface area contributed by atoms with E-state index in [9.17, 15) is 8.60 Å². The van der Waals surface area contributed by atoms with Crippen molar-refractivity contribution in [2.75, 3.05) is 6.54 Å². The van der Waals surface area contributed by atoms with Crippen molar-refractivity contribution in [1.29, 1.82) is 0 Å². The first-order valence-corrected chi connectivity index (χ1v) is 8.54. The number of benzene rings is 1. The summed E-state index contributed by atoms with van der Waals surface area (Å²) in [5, 5.41) is 3.51.